The van der Waals surface area contributed by atoms with Gasteiger partial charge in [-0.1, -0.05) is 36.4 Å². The van der Waals surface area contributed by atoms with Crippen molar-refractivity contribution in [1.82, 2.24) is 16.0 Å². The summed E-state index contributed by atoms with van der Waals surface area (Å²) in [5.74, 6) is -3.49. The Morgan fingerprint density at radius 2 is 1.87 bits per heavy atom. The molecule has 0 aliphatic heterocycles. The van der Waals surface area contributed by atoms with Gasteiger partial charge in [0, 0.05) is 18.2 Å². The van der Waals surface area contributed by atoms with Gasteiger partial charge in [-0.2, -0.15) is 12.6 Å². The van der Waals surface area contributed by atoms with Crippen LogP contribution in [0, 0.1) is 0 Å². The molecular formula is C20H25N3O6S. The highest BCUT2D eigenvalue weighted by Crippen LogP contribution is 2.28. The molecule has 2 rings (SSSR count). The number of benzene rings is 1. The molecule has 5 N–H and O–H groups in total. The van der Waals surface area contributed by atoms with Crippen LogP contribution in [-0.4, -0.2) is 58.3 Å². The minimum Gasteiger partial charge on any atom is -0.480 e. The Morgan fingerprint density at radius 3 is 2.53 bits per heavy atom. The van der Waals surface area contributed by atoms with E-state index in [-0.39, 0.29) is 24.6 Å². The second-order valence-corrected chi connectivity index (χ2v) is 7.20. The predicted octanol–water partition coefficient (Wildman–Crippen LogP) is 0.583. The molecule has 3 atom stereocenters. The van der Waals surface area contributed by atoms with Gasteiger partial charge in [-0.3, -0.25) is 24.5 Å². The predicted molar refractivity (Wildman–Crippen MR) is 113 cm³/mol. The number of fused-ring (bicyclic) bond motifs is 1. The van der Waals surface area contributed by atoms with Crippen LogP contribution in [0.1, 0.15) is 36.4 Å². The van der Waals surface area contributed by atoms with Crippen molar-refractivity contribution in [2.45, 2.75) is 37.4 Å². The van der Waals surface area contributed by atoms with Crippen molar-refractivity contribution in [3.63, 3.8) is 0 Å². The lowest BCUT2D eigenvalue weighted by Gasteiger charge is -2.26. The van der Waals surface area contributed by atoms with Crippen LogP contribution in [0.3, 0.4) is 0 Å². The van der Waals surface area contributed by atoms with Crippen molar-refractivity contribution in [3.8, 4) is 0 Å². The van der Waals surface area contributed by atoms with Gasteiger partial charge in [0.15, 0.2) is 0 Å². The van der Waals surface area contributed by atoms with Gasteiger partial charge in [-0.15, -0.1) is 0 Å². The van der Waals surface area contributed by atoms with Crippen LogP contribution in [0.4, 0.5) is 0 Å². The van der Waals surface area contributed by atoms with Gasteiger partial charge < -0.3 is 20.8 Å². The number of carboxylic acids is 2. The zero-order valence-corrected chi connectivity index (χ0v) is 17.1. The van der Waals surface area contributed by atoms with Crippen LogP contribution in [0.2, 0.25) is 0 Å². The van der Waals surface area contributed by atoms with Crippen LogP contribution < -0.4 is 16.0 Å². The van der Waals surface area contributed by atoms with Crippen LogP contribution in [0.5, 0.6) is 0 Å². The number of hydrogen-bond acceptors (Lipinski definition) is 6. The van der Waals surface area contributed by atoms with E-state index in [1.807, 2.05) is 36.4 Å². The number of carboxylic acid groups (broad SMARTS) is 2. The normalized spacial score (nSPS) is 16.8. The lowest BCUT2D eigenvalue weighted by molar-refractivity contribution is -0.140. The largest absolute Gasteiger partial charge is 0.480 e. The Balaban J connectivity index is 1.90. The van der Waals surface area contributed by atoms with E-state index >= 15 is 0 Å². The minimum absolute atomic E-state index is 0.0248. The van der Waals surface area contributed by atoms with Crippen LogP contribution in [0.25, 0.3) is 6.08 Å². The van der Waals surface area contributed by atoms with Crippen LogP contribution in [-0.2, 0) is 19.2 Å². The van der Waals surface area contributed by atoms with E-state index < -0.39 is 42.4 Å². The Kier molecular flexibility index (Phi) is 8.88. The molecule has 0 fully saturated rings. The average Bonchev–Trinajstić information content (AvgIpc) is 2.73. The van der Waals surface area contributed by atoms with Gasteiger partial charge >= 0.3 is 11.9 Å². The Bertz CT molecular complexity index is 829. The molecule has 1 aliphatic rings. The summed E-state index contributed by atoms with van der Waals surface area (Å²) >= 11 is 3.99. The highest BCUT2D eigenvalue weighted by Gasteiger charge is 2.26. The standard InChI is InChI=1S/C20H25N3O6S/c24-17(23-16(11-30)19(27)21-10-18(25)26)9-8-15(20(28)29)22-14-7-3-5-12-4-1-2-6-13(12)14/h1-6,14-16,22,30H,7-11H2,(H,21,27)(H,23,24)(H,25,26)(H,28,29)/t14?,15-,16-/m0/s1. The third-order valence-electron chi connectivity index (χ3n) is 4.65. The first-order chi connectivity index (χ1) is 14.3. The number of nitrogens with one attached hydrogen (secondary N) is 3. The van der Waals surface area contributed by atoms with Gasteiger partial charge in [-0.05, 0) is 24.0 Å². The molecule has 0 saturated heterocycles. The summed E-state index contributed by atoms with van der Waals surface area (Å²) < 4.78 is 0. The van der Waals surface area contributed by atoms with Crippen LogP contribution >= 0.6 is 12.6 Å². The third-order valence-corrected chi connectivity index (χ3v) is 5.01. The van der Waals surface area contributed by atoms with E-state index in [2.05, 4.69) is 28.6 Å². The van der Waals surface area contributed by atoms with Crippen molar-refractivity contribution >= 4 is 42.5 Å². The maximum Gasteiger partial charge on any atom is 0.322 e. The van der Waals surface area contributed by atoms with Gasteiger partial charge in [0.2, 0.25) is 11.8 Å². The van der Waals surface area contributed by atoms with E-state index in [0.29, 0.717) is 6.42 Å². The average molecular weight is 436 g/mol. The number of carbonyl (C=O) groups excluding carboxylic acids is 2. The Morgan fingerprint density at radius 1 is 1.13 bits per heavy atom. The van der Waals surface area contributed by atoms with E-state index in [0.717, 1.165) is 11.1 Å². The molecule has 0 aromatic heterocycles. The fourth-order valence-corrected chi connectivity index (χ4v) is 3.40. The smallest absolute Gasteiger partial charge is 0.322 e. The zero-order chi connectivity index (χ0) is 22.1. The van der Waals surface area contributed by atoms with E-state index in [9.17, 15) is 24.3 Å². The monoisotopic (exact) mass is 435 g/mol. The van der Waals surface area contributed by atoms with E-state index in [1.165, 1.54) is 0 Å². The number of carbonyl (C=O) groups is 4. The molecule has 0 saturated carbocycles. The molecule has 1 aromatic carbocycles. The molecule has 9 nitrogen and oxygen atoms in total. The fourth-order valence-electron chi connectivity index (χ4n) is 3.14. The van der Waals surface area contributed by atoms with Crippen molar-refractivity contribution in [2.24, 2.45) is 0 Å². The summed E-state index contributed by atoms with van der Waals surface area (Å²) in [6, 6.07) is 5.56. The summed E-state index contributed by atoms with van der Waals surface area (Å²) in [4.78, 5) is 46.3. The lowest BCUT2D eigenvalue weighted by Crippen LogP contribution is -2.49. The minimum atomic E-state index is -1.21. The molecule has 1 aromatic rings. The molecule has 162 valence electrons. The summed E-state index contributed by atoms with van der Waals surface area (Å²) in [6.07, 6.45) is 4.51. The first-order valence-corrected chi connectivity index (χ1v) is 10.1. The molecule has 0 heterocycles. The molecular weight excluding hydrogens is 410 g/mol. The molecule has 1 aliphatic carbocycles. The van der Waals surface area contributed by atoms with Crippen molar-refractivity contribution in [1.29, 1.82) is 0 Å². The molecule has 30 heavy (non-hydrogen) atoms. The van der Waals surface area contributed by atoms with Crippen LogP contribution in [0.15, 0.2) is 30.3 Å². The summed E-state index contributed by atoms with van der Waals surface area (Å²) in [5.41, 5.74) is 2.02. The van der Waals surface area contributed by atoms with Crippen molar-refractivity contribution in [2.75, 3.05) is 12.3 Å². The first-order valence-electron chi connectivity index (χ1n) is 9.46. The Hall–Kier alpha value is -2.85. The second kappa shape index (κ2) is 11.4. The fraction of sp³-hybridized carbons (Fsp3) is 0.400. The van der Waals surface area contributed by atoms with Crippen molar-refractivity contribution in [3.05, 3.63) is 41.5 Å². The third kappa shape index (κ3) is 6.89. The first kappa shape index (κ1) is 23.4. The maximum absolute atomic E-state index is 12.2. The van der Waals surface area contributed by atoms with Crippen molar-refractivity contribution < 1.29 is 29.4 Å². The zero-order valence-electron chi connectivity index (χ0n) is 16.2. The highest BCUT2D eigenvalue weighted by atomic mass is 32.1. The molecule has 0 spiro atoms. The summed E-state index contributed by atoms with van der Waals surface area (Å²) in [7, 11) is 0. The van der Waals surface area contributed by atoms with E-state index in [1.54, 1.807) is 0 Å². The highest BCUT2D eigenvalue weighted by molar-refractivity contribution is 7.80. The maximum atomic E-state index is 12.2. The second-order valence-electron chi connectivity index (χ2n) is 6.83. The number of hydrogen-bond donors (Lipinski definition) is 6. The lowest BCUT2D eigenvalue weighted by atomic mass is 9.92. The van der Waals surface area contributed by atoms with Gasteiger partial charge in [0.05, 0.1) is 0 Å². The molecule has 1 unspecified atom stereocenters. The van der Waals surface area contributed by atoms with Gasteiger partial charge in [0.1, 0.15) is 18.6 Å². The summed E-state index contributed by atoms with van der Waals surface area (Å²) in [5, 5.41) is 25.9. The molecule has 0 bridgehead atoms. The quantitative estimate of drug-likeness (QED) is 0.279. The number of amides is 2. The van der Waals surface area contributed by atoms with E-state index in [4.69, 9.17) is 5.11 Å². The number of rotatable bonds is 11. The Labute approximate surface area is 179 Å². The number of thiol groups is 1. The topological polar surface area (TPSA) is 145 Å². The molecule has 10 heteroatoms. The molecule has 2 amide bonds. The number of aliphatic carboxylic acids is 2. The summed E-state index contributed by atoms with van der Waals surface area (Å²) in [6.45, 7) is -0.568. The SMILES string of the molecule is O=C(O)CNC(=O)[C@H](CS)NC(=O)CC[C@H](NC1CC=Cc2ccccc21)C(=O)O. The van der Waals surface area contributed by atoms with Gasteiger partial charge in [0.25, 0.3) is 0 Å². The van der Waals surface area contributed by atoms with Gasteiger partial charge in [-0.25, -0.2) is 0 Å². The molecule has 0 radical (unpaired) electrons.